The van der Waals surface area contributed by atoms with Gasteiger partial charge in [-0.05, 0) is 68.0 Å². The fraction of sp³-hybridized carbons (Fsp3) is 0.400. The first-order valence-electron chi connectivity index (χ1n) is 10.2. The van der Waals surface area contributed by atoms with E-state index in [9.17, 15) is 5.26 Å². The molecule has 3 nitrogen and oxygen atoms in total. The Balaban J connectivity index is 2.15. The molecule has 0 saturated carbocycles. The average Bonchev–Trinajstić information content (AvgIpc) is 2.68. The lowest BCUT2D eigenvalue weighted by molar-refractivity contribution is 0.372. The summed E-state index contributed by atoms with van der Waals surface area (Å²) >= 11 is 3.50. The topological polar surface area (TPSA) is 36.3 Å². The molecule has 1 heterocycles. The Morgan fingerprint density at radius 2 is 2.10 bits per heavy atom. The second kappa shape index (κ2) is 8.63. The molecule has 1 unspecified atom stereocenters. The molecule has 0 N–H and O–H groups in total. The molecule has 2 aromatic carbocycles. The van der Waals surface area contributed by atoms with E-state index in [-0.39, 0.29) is 5.54 Å². The molecule has 0 aromatic heterocycles. The molecule has 0 fully saturated rings. The third-order valence-electron chi connectivity index (χ3n) is 5.74. The third-order valence-corrected chi connectivity index (χ3v) is 6.23. The van der Waals surface area contributed by atoms with Crippen LogP contribution < -0.4 is 9.64 Å². The summed E-state index contributed by atoms with van der Waals surface area (Å²) in [6.07, 6.45) is 4.15. The first kappa shape index (κ1) is 21.5. The average molecular weight is 453 g/mol. The number of allylic oxidation sites excluding steroid dienone is 1. The largest absolute Gasteiger partial charge is 0.496 e. The molecule has 0 aliphatic carbocycles. The molecule has 1 aliphatic rings. The fourth-order valence-electron chi connectivity index (χ4n) is 4.46. The zero-order valence-electron chi connectivity index (χ0n) is 17.9. The molecule has 2 aromatic rings. The summed E-state index contributed by atoms with van der Waals surface area (Å²) in [5.41, 5.74) is 5.16. The van der Waals surface area contributed by atoms with Crippen LogP contribution in [0.1, 0.15) is 63.1 Å². The third kappa shape index (κ3) is 4.36. The number of hydrogen-bond donors (Lipinski definition) is 0. The maximum Gasteiger partial charge on any atom is 0.128 e. The molecule has 0 radical (unpaired) electrons. The molecule has 0 bridgehead atoms. The van der Waals surface area contributed by atoms with Crippen LogP contribution >= 0.6 is 15.9 Å². The van der Waals surface area contributed by atoms with Crippen molar-refractivity contribution < 1.29 is 4.74 Å². The molecule has 0 amide bonds. The lowest BCUT2D eigenvalue weighted by Gasteiger charge is -2.47. The summed E-state index contributed by atoms with van der Waals surface area (Å²) in [6, 6.07) is 14.6. The van der Waals surface area contributed by atoms with Gasteiger partial charge in [0, 0.05) is 33.9 Å². The summed E-state index contributed by atoms with van der Waals surface area (Å²) in [5, 5.41) is 9.78. The lowest BCUT2D eigenvalue weighted by atomic mass is 9.79. The smallest absolute Gasteiger partial charge is 0.128 e. The minimum Gasteiger partial charge on any atom is -0.496 e. The molecule has 1 aliphatic heterocycles. The van der Waals surface area contributed by atoms with Crippen LogP contribution in [0.25, 0.3) is 11.6 Å². The Kier molecular flexibility index (Phi) is 6.39. The highest BCUT2D eigenvalue weighted by atomic mass is 79.9. The lowest BCUT2D eigenvalue weighted by Crippen LogP contribution is -2.48. The Labute approximate surface area is 183 Å². The van der Waals surface area contributed by atoms with Gasteiger partial charge in [-0.25, -0.2) is 0 Å². The Morgan fingerprint density at radius 3 is 2.72 bits per heavy atom. The Bertz CT molecular complexity index is 971. The van der Waals surface area contributed by atoms with E-state index >= 15 is 0 Å². The standard InChI is InChI=1S/C25H29BrN2O/c1-6-10-28-23-14-24(29-5)19(13-22(23)17(2)15-25(28,3)4)11-20(16-27)18-8-7-9-21(26)12-18/h7-9,11-14,17H,6,10,15H2,1-5H3/b20-11+. The summed E-state index contributed by atoms with van der Waals surface area (Å²) in [4.78, 5) is 2.51. The number of anilines is 1. The zero-order chi connectivity index (χ0) is 21.2. The molecule has 3 rings (SSSR count). The van der Waals surface area contributed by atoms with Crippen molar-refractivity contribution in [3.8, 4) is 11.8 Å². The highest BCUT2D eigenvalue weighted by molar-refractivity contribution is 9.10. The summed E-state index contributed by atoms with van der Waals surface area (Å²) in [6.45, 7) is 10.2. The molecular formula is C25H29BrN2O. The van der Waals surface area contributed by atoms with Crippen molar-refractivity contribution in [1.82, 2.24) is 0 Å². The van der Waals surface area contributed by atoms with Crippen LogP contribution in [-0.2, 0) is 0 Å². The fourth-order valence-corrected chi connectivity index (χ4v) is 4.85. The number of rotatable bonds is 5. The maximum absolute atomic E-state index is 9.78. The van der Waals surface area contributed by atoms with E-state index in [1.807, 2.05) is 30.3 Å². The normalized spacial score (nSPS) is 18.2. The van der Waals surface area contributed by atoms with E-state index < -0.39 is 0 Å². The van der Waals surface area contributed by atoms with E-state index in [2.05, 4.69) is 66.7 Å². The number of benzene rings is 2. The Morgan fingerprint density at radius 1 is 1.34 bits per heavy atom. The number of nitriles is 1. The molecule has 4 heteroatoms. The highest BCUT2D eigenvalue weighted by Crippen LogP contribution is 2.46. The van der Waals surface area contributed by atoms with Crippen molar-refractivity contribution in [2.45, 2.75) is 52.0 Å². The first-order valence-corrected chi connectivity index (χ1v) is 11.0. The van der Waals surface area contributed by atoms with Gasteiger partial charge < -0.3 is 9.64 Å². The van der Waals surface area contributed by atoms with Crippen molar-refractivity contribution in [1.29, 1.82) is 5.26 Å². The van der Waals surface area contributed by atoms with Crippen LogP contribution in [0.15, 0.2) is 40.9 Å². The van der Waals surface area contributed by atoms with Crippen molar-refractivity contribution in [3.05, 3.63) is 57.6 Å². The summed E-state index contributed by atoms with van der Waals surface area (Å²) in [5.74, 6) is 1.25. The molecule has 0 saturated heterocycles. The SMILES string of the molecule is CCCN1c2cc(OC)c(/C=C(\C#N)c3cccc(Br)c3)cc2C(C)CC1(C)C. The van der Waals surface area contributed by atoms with Crippen molar-refractivity contribution >= 4 is 33.3 Å². The van der Waals surface area contributed by atoms with E-state index in [0.29, 0.717) is 11.5 Å². The van der Waals surface area contributed by atoms with E-state index in [4.69, 9.17) is 4.74 Å². The Hall–Kier alpha value is -2.25. The monoisotopic (exact) mass is 452 g/mol. The van der Waals surface area contributed by atoms with Gasteiger partial charge in [-0.3, -0.25) is 0 Å². The maximum atomic E-state index is 9.78. The van der Waals surface area contributed by atoms with Crippen LogP contribution in [-0.4, -0.2) is 19.2 Å². The van der Waals surface area contributed by atoms with Crippen molar-refractivity contribution in [3.63, 3.8) is 0 Å². The van der Waals surface area contributed by atoms with Gasteiger partial charge in [0.05, 0.1) is 18.8 Å². The predicted octanol–water partition coefficient (Wildman–Crippen LogP) is 7.02. The first-order chi connectivity index (χ1) is 13.8. The summed E-state index contributed by atoms with van der Waals surface area (Å²) < 4.78 is 6.71. The van der Waals surface area contributed by atoms with Gasteiger partial charge in [0.1, 0.15) is 5.75 Å². The van der Waals surface area contributed by atoms with E-state index in [0.717, 1.165) is 40.7 Å². The number of nitrogens with zero attached hydrogens (tertiary/aromatic N) is 2. The van der Waals surface area contributed by atoms with E-state index in [1.165, 1.54) is 11.3 Å². The van der Waals surface area contributed by atoms with Gasteiger partial charge in [0.15, 0.2) is 0 Å². The number of halogens is 1. The molecule has 152 valence electrons. The van der Waals surface area contributed by atoms with Crippen molar-refractivity contribution in [2.75, 3.05) is 18.6 Å². The quantitative estimate of drug-likeness (QED) is 0.360. The second-order valence-electron chi connectivity index (χ2n) is 8.40. The molecule has 29 heavy (non-hydrogen) atoms. The zero-order valence-corrected chi connectivity index (χ0v) is 19.5. The minimum absolute atomic E-state index is 0.110. The van der Waals surface area contributed by atoms with Crippen LogP contribution in [0.5, 0.6) is 5.75 Å². The number of methoxy groups -OCH3 is 1. The molecule has 1 atom stereocenters. The second-order valence-corrected chi connectivity index (χ2v) is 9.32. The van der Waals surface area contributed by atoms with Gasteiger partial charge in [-0.2, -0.15) is 5.26 Å². The van der Waals surface area contributed by atoms with Crippen LogP contribution in [0, 0.1) is 11.3 Å². The summed E-state index contributed by atoms with van der Waals surface area (Å²) in [7, 11) is 1.70. The van der Waals surface area contributed by atoms with Crippen LogP contribution in [0.3, 0.4) is 0 Å². The molecule has 0 spiro atoms. The van der Waals surface area contributed by atoms with Gasteiger partial charge >= 0.3 is 0 Å². The van der Waals surface area contributed by atoms with E-state index in [1.54, 1.807) is 7.11 Å². The molecular weight excluding hydrogens is 424 g/mol. The van der Waals surface area contributed by atoms with Gasteiger partial charge in [-0.1, -0.05) is 41.9 Å². The number of ether oxygens (including phenoxy) is 1. The predicted molar refractivity (Wildman–Crippen MR) is 125 cm³/mol. The van der Waals surface area contributed by atoms with Gasteiger partial charge in [0.2, 0.25) is 0 Å². The van der Waals surface area contributed by atoms with Crippen molar-refractivity contribution in [2.24, 2.45) is 0 Å². The number of hydrogen-bond acceptors (Lipinski definition) is 3. The van der Waals surface area contributed by atoms with Crippen LogP contribution in [0.2, 0.25) is 0 Å². The van der Waals surface area contributed by atoms with Gasteiger partial charge in [-0.15, -0.1) is 0 Å². The van der Waals surface area contributed by atoms with Crippen LogP contribution in [0.4, 0.5) is 5.69 Å². The van der Waals surface area contributed by atoms with Gasteiger partial charge in [0.25, 0.3) is 0 Å². The minimum atomic E-state index is 0.110. The number of fused-ring (bicyclic) bond motifs is 1. The highest BCUT2D eigenvalue weighted by Gasteiger charge is 2.36.